The number of hydrogen-bond acceptors (Lipinski definition) is 3. The van der Waals surface area contributed by atoms with Gasteiger partial charge >= 0.3 is 0 Å². The van der Waals surface area contributed by atoms with Gasteiger partial charge in [-0.2, -0.15) is 0 Å². The number of rotatable bonds is 5. The normalized spacial score (nSPS) is 17.1. The predicted molar refractivity (Wildman–Crippen MR) is 69.5 cm³/mol. The van der Waals surface area contributed by atoms with E-state index in [1.807, 2.05) is 18.4 Å². The van der Waals surface area contributed by atoms with Gasteiger partial charge in [0.25, 0.3) is 0 Å². The fourth-order valence-electron chi connectivity index (χ4n) is 1.34. The first-order valence-corrected chi connectivity index (χ1v) is 7.09. The van der Waals surface area contributed by atoms with Crippen molar-refractivity contribution < 1.29 is 4.79 Å². The molecule has 1 atom stereocenters. The zero-order valence-corrected chi connectivity index (χ0v) is 11.5. The van der Waals surface area contributed by atoms with E-state index in [0.717, 1.165) is 23.9 Å². The standard InChI is InChI=1S/C11H15BrN2OS/c1-7(11(15)14-8-2-3-8)13-6-10-9(12)4-5-16-10/h4-5,7-8,13H,2-3,6H2,1H3,(H,14,15). The van der Waals surface area contributed by atoms with Crippen LogP contribution in [0.2, 0.25) is 0 Å². The van der Waals surface area contributed by atoms with Crippen molar-refractivity contribution >= 4 is 33.2 Å². The summed E-state index contributed by atoms with van der Waals surface area (Å²) in [6, 6.07) is 2.33. The van der Waals surface area contributed by atoms with Gasteiger partial charge in [0.1, 0.15) is 0 Å². The number of carbonyl (C=O) groups is 1. The molecule has 2 rings (SSSR count). The number of hydrogen-bond donors (Lipinski definition) is 2. The Morgan fingerprint density at radius 1 is 1.69 bits per heavy atom. The van der Waals surface area contributed by atoms with Gasteiger partial charge < -0.3 is 10.6 Å². The average Bonchev–Trinajstić information content (AvgIpc) is 2.97. The maximum Gasteiger partial charge on any atom is 0.237 e. The molecular formula is C11H15BrN2OS. The fraction of sp³-hybridized carbons (Fsp3) is 0.545. The molecule has 0 bridgehead atoms. The minimum Gasteiger partial charge on any atom is -0.352 e. The van der Waals surface area contributed by atoms with Crippen LogP contribution in [-0.4, -0.2) is 18.0 Å². The third-order valence-corrected chi connectivity index (χ3v) is 4.50. The summed E-state index contributed by atoms with van der Waals surface area (Å²) in [5.74, 6) is 0.107. The van der Waals surface area contributed by atoms with Crippen molar-refractivity contribution in [1.29, 1.82) is 0 Å². The maximum absolute atomic E-state index is 11.7. The van der Waals surface area contributed by atoms with E-state index in [1.165, 1.54) is 4.88 Å². The second-order valence-electron chi connectivity index (χ2n) is 4.08. The third kappa shape index (κ3) is 3.30. The first-order valence-electron chi connectivity index (χ1n) is 5.42. The Bertz CT molecular complexity index is 376. The Labute approximate surface area is 108 Å². The Morgan fingerprint density at radius 3 is 3.00 bits per heavy atom. The quantitative estimate of drug-likeness (QED) is 0.876. The molecule has 88 valence electrons. The molecule has 1 aliphatic rings. The molecule has 0 saturated heterocycles. The molecule has 0 aliphatic heterocycles. The monoisotopic (exact) mass is 302 g/mol. The summed E-state index contributed by atoms with van der Waals surface area (Å²) in [5, 5.41) is 8.25. The Balaban J connectivity index is 1.76. The van der Waals surface area contributed by atoms with Gasteiger partial charge in [-0.25, -0.2) is 0 Å². The molecule has 1 saturated carbocycles. The van der Waals surface area contributed by atoms with Crippen LogP contribution in [0.5, 0.6) is 0 Å². The van der Waals surface area contributed by atoms with Gasteiger partial charge in [0, 0.05) is 21.9 Å². The minimum absolute atomic E-state index is 0.107. The van der Waals surface area contributed by atoms with Crippen LogP contribution in [0.1, 0.15) is 24.6 Å². The van der Waals surface area contributed by atoms with Crippen LogP contribution in [-0.2, 0) is 11.3 Å². The molecule has 1 heterocycles. The lowest BCUT2D eigenvalue weighted by atomic mass is 10.3. The lowest BCUT2D eigenvalue weighted by Gasteiger charge is -2.13. The number of amides is 1. The van der Waals surface area contributed by atoms with Crippen LogP contribution in [0, 0.1) is 0 Å². The van der Waals surface area contributed by atoms with Crippen LogP contribution in [0.4, 0.5) is 0 Å². The molecule has 1 aliphatic carbocycles. The van der Waals surface area contributed by atoms with Gasteiger partial charge in [-0.05, 0) is 47.1 Å². The minimum atomic E-state index is -0.130. The zero-order chi connectivity index (χ0) is 11.5. The van der Waals surface area contributed by atoms with Gasteiger partial charge in [0.2, 0.25) is 5.91 Å². The molecule has 1 unspecified atom stereocenters. The van der Waals surface area contributed by atoms with Crippen LogP contribution in [0.3, 0.4) is 0 Å². The predicted octanol–water partition coefficient (Wildman–Crippen LogP) is 2.27. The Kier molecular flexibility index (Phi) is 4.00. The number of carbonyl (C=O) groups excluding carboxylic acids is 1. The van der Waals surface area contributed by atoms with Crippen molar-refractivity contribution in [2.75, 3.05) is 0 Å². The molecule has 3 nitrogen and oxygen atoms in total. The van der Waals surface area contributed by atoms with E-state index in [2.05, 4.69) is 26.6 Å². The highest BCUT2D eigenvalue weighted by Gasteiger charge is 2.25. The van der Waals surface area contributed by atoms with Crippen molar-refractivity contribution in [3.05, 3.63) is 20.8 Å². The largest absolute Gasteiger partial charge is 0.352 e. The summed E-state index contributed by atoms with van der Waals surface area (Å²) < 4.78 is 1.11. The first-order chi connectivity index (χ1) is 7.66. The highest BCUT2D eigenvalue weighted by molar-refractivity contribution is 9.10. The van der Waals surface area contributed by atoms with E-state index in [4.69, 9.17) is 0 Å². The van der Waals surface area contributed by atoms with Gasteiger partial charge in [0.15, 0.2) is 0 Å². The zero-order valence-electron chi connectivity index (χ0n) is 9.13. The highest BCUT2D eigenvalue weighted by Crippen LogP contribution is 2.22. The second-order valence-corrected chi connectivity index (χ2v) is 5.93. The summed E-state index contributed by atoms with van der Waals surface area (Å²) in [5.41, 5.74) is 0. The number of thiophene rings is 1. The summed E-state index contributed by atoms with van der Waals surface area (Å²) in [6.07, 6.45) is 2.27. The molecular weight excluding hydrogens is 288 g/mol. The average molecular weight is 303 g/mol. The van der Waals surface area contributed by atoms with E-state index < -0.39 is 0 Å². The molecule has 1 aromatic heterocycles. The first kappa shape index (κ1) is 12.1. The summed E-state index contributed by atoms with van der Waals surface area (Å²) in [6.45, 7) is 2.64. The van der Waals surface area contributed by atoms with Crippen LogP contribution < -0.4 is 10.6 Å². The smallest absolute Gasteiger partial charge is 0.237 e. The SMILES string of the molecule is CC(NCc1sccc1Br)C(=O)NC1CC1. The lowest BCUT2D eigenvalue weighted by Crippen LogP contribution is -2.42. The Morgan fingerprint density at radius 2 is 2.44 bits per heavy atom. The highest BCUT2D eigenvalue weighted by atomic mass is 79.9. The molecule has 0 spiro atoms. The van der Waals surface area contributed by atoms with Gasteiger partial charge in [-0.1, -0.05) is 0 Å². The number of halogens is 1. The van der Waals surface area contributed by atoms with Crippen LogP contribution in [0.25, 0.3) is 0 Å². The molecule has 1 fully saturated rings. The maximum atomic E-state index is 11.7. The van der Waals surface area contributed by atoms with Crippen molar-refractivity contribution in [2.45, 2.75) is 38.4 Å². The lowest BCUT2D eigenvalue weighted by molar-refractivity contribution is -0.122. The molecule has 2 N–H and O–H groups in total. The molecule has 1 amide bonds. The van der Waals surface area contributed by atoms with Crippen molar-refractivity contribution in [3.8, 4) is 0 Å². The van der Waals surface area contributed by atoms with E-state index in [1.54, 1.807) is 11.3 Å². The molecule has 1 aromatic rings. The van der Waals surface area contributed by atoms with Gasteiger partial charge in [-0.3, -0.25) is 4.79 Å². The molecule has 5 heteroatoms. The Hall–Kier alpha value is -0.390. The van der Waals surface area contributed by atoms with Gasteiger partial charge in [-0.15, -0.1) is 11.3 Å². The number of nitrogens with one attached hydrogen (secondary N) is 2. The van der Waals surface area contributed by atoms with Crippen molar-refractivity contribution in [3.63, 3.8) is 0 Å². The van der Waals surface area contributed by atoms with E-state index in [0.29, 0.717) is 6.04 Å². The van der Waals surface area contributed by atoms with Gasteiger partial charge in [0.05, 0.1) is 6.04 Å². The molecule has 0 aromatic carbocycles. The third-order valence-electron chi connectivity index (χ3n) is 2.58. The van der Waals surface area contributed by atoms with Crippen molar-refractivity contribution in [2.24, 2.45) is 0 Å². The van der Waals surface area contributed by atoms with E-state index in [-0.39, 0.29) is 11.9 Å². The summed E-state index contributed by atoms with van der Waals surface area (Å²) in [7, 11) is 0. The second kappa shape index (κ2) is 5.29. The topological polar surface area (TPSA) is 41.1 Å². The molecule has 0 radical (unpaired) electrons. The van der Waals surface area contributed by atoms with Crippen molar-refractivity contribution in [1.82, 2.24) is 10.6 Å². The summed E-state index contributed by atoms with van der Waals surface area (Å²) in [4.78, 5) is 12.9. The van der Waals surface area contributed by atoms with Crippen LogP contribution in [0.15, 0.2) is 15.9 Å². The molecule has 16 heavy (non-hydrogen) atoms. The van der Waals surface area contributed by atoms with E-state index >= 15 is 0 Å². The summed E-state index contributed by atoms with van der Waals surface area (Å²) >= 11 is 5.16. The van der Waals surface area contributed by atoms with E-state index in [9.17, 15) is 4.79 Å². The fourth-order valence-corrected chi connectivity index (χ4v) is 2.79. The van der Waals surface area contributed by atoms with Crippen LogP contribution >= 0.6 is 27.3 Å².